The maximum Gasteiger partial charge on any atom is 0.261 e. The van der Waals surface area contributed by atoms with Gasteiger partial charge in [0, 0.05) is 22.6 Å². The van der Waals surface area contributed by atoms with Gasteiger partial charge in [0.1, 0.15) is 5.75 Å². The minimum Gasteiger partial charge on any atom is -0.325 e. The monoisotopic (exact) mass is 311 g/mol. The van der Waals surface area contributed by atoms with E-state index in [4.69, 9.17) is 10.7 Å². The van der Waals surface area contributed by atoms with E-state index in [0.717, 1.165) is 6.26 Å². The maximum absolute atomic E-state index is 11.3. The molecule has 0 radical (unpaired) electrons. The molecule has 0 heterocycles. The van der Waals surface area contributed by atoms with E-state index >= 15 is 0 Å². The van der Waals surface area contributed by atoms with Crippen LogP contribution in [0.25, 0.3) is 0 Å². The lowest BCUT2D eigenvalue weighted by Gasteiger charge is -2.04. The molecule has 18 heavy (non-hydrogen) atoms. The van der Waals surface area contributed by atoms with Crippen molar-refractivity contribution in [2.24, 2.45) is 0 Å². The quantitative estimate of drug-likeness (QED) is 0.821. The van der Waals surface area contributed by atoms with Crippen molar-refractivity contribution < 1.29 is 21.6 Å². The number of hydrogen-bond acceptors (Lipinski definition) is 5. The van der Waals surface area contributed by atoms with Crippen LogP contribution in [0.1, 0.15) is 0 Å². The van der Waals surface area contributed by atoms with E-state index in [0.29, 0.717) is 0 Å². The Morgan fingerprint density at radius 3 is 2.06 bits per heavy atom. The van der Waals surface area contributed by atoms with Crippen molar-refractivity contribution in [1.29, 1.82) is 0 Å². The summed E-state index contributed by atoms with van der Waals surface area (Å²) in [6.07, 6.45) is 0.940. The summed E-state index contributed by atoms with van der Waals surface area (Å²) < 4.78 is 43.6. The second-order valence-electron chi connectivity index (χ2n) is 3.58. The molecule has 0 unspecified atom stereocenters. The summed E-state index contributed by atoms with van der Waals surface area (Å²) in [7, 11) is -2.11. The van der Waals surface area contributed by atoms with E-state index in [1.54, 1.807) is 0 Å². The number of anilines is 1. The van der Waals surface area contributed by atoms with Crippen LogP contribution in [0, 0.1) is 0 Å². The average Bonchev–Trinajstić information content (AvgIpc) is 2.13. The first kappa shape index (κ1) is 14.9. The molecule has 0 aromatic heterocycles. The van der Waals surface area contributed by atoms with Crippen molar-refractivity contribution in [2.45, 2.75) is 4.90 Å². The molecule has 1 aromatic carbocycles. The van der Waals surface area contributed by atoms with E-state index in [1.165, 1.54) is 24.3 Å². The lowest BCUT2D eigenvalue weighted by Crippen LogP contribution is -2.21. The number of hydrogen-bond donors (Lipinski definition) is 1. The molecule has 0 aliphatic heterocycles. The number of sulfone groups is 1. The zero-order valence-corrected chi connectivity index (χ0v) is 11.6. The van der Waals surface area contributed by atoms with Crippen molar-refractivity contribution in [3.63, 3.8) is 0 Å². The fraction of sp³-hybridized carbons (Fsp3) is 0.222. The molecular formula is C9H10ClNO5S2. The molecule has 0 bridgehead atoms. The van der Waals surface area contributed by atoms with Gasteiger partial charge in [-0.1, -0.05) is 0 Å². The number of nitrogens with one attached hydrogen (secondary N) is 1. The van der Waals surface area contributed by atoms with Crippen LogP contribution in [-0.4, -0.2) is 34.8 Å². The lowest BCUT2D eigenvalue weighted by atomic mass is 10.3. The lowest BCUT2D eigenvalue weighted by molar-refractivity contribution is -0.113. The van der Waals surface area contributed by atoms with Gasteiger partial charge in [-0.25, -0.2) is 16.8 Å². The predicted molar refractivity (Wildman–Crippen MR) is 67.8 cm³/mol. The third-order valence-electron chi connectivity index (χ3n) is 1.81. The van der Waals surface area contributed by atoms with Gasteiger partial charge in [-0.3, -0.25) is 4.79 Å². The third-order valence-corrected chi connectivity index (χ3v) is 3.97. The highest BCUT2D eigenvalue weighted by molar-refractivity contribution is 8.13. The number of halogens is 1. The second-order valence-corrected chi connectivity index (χ2v) is 8.29. The van der Waals surface area contributed by atoms with Gasteiger partial charge in [0.2, 0.25) is 5.91 Å². The van der Waals surface area contributed by atoms with Crippen LogP contribution in [0.5, 0.6) is 0 Å². The number of benzene rings is 1. The van der Waals surface area contributed by atoms with Gasteiger partial charge < -0.3 is 5.32 Å². The van der Waals surface area contributed by atoms with Crippen LogP contribution in [0.4, 0.5) is 5.69 Å². The van der Waals surface area contributed by atoms with E-state index in [9.17, 15) is 21.6 Å². The normalized spacial score (nSPS) is 12.1. The fourth-order valence-corrected chi connectivity index (χ4v) is 2.45. The van der Waals surface area contributed by atoms with Crippen molar-refractivity contribution in [3.8, 4) is 0 Å². The summed E-state index contributed by atoms with van der Waals surface area (Å²) >= 11 is 0. The Kier molecular flexibility index (Phi) is 4.36. The van der Waals surface area contributed by atoms with Crippen LogP contribution in [-0.2, 0) is 23.7 Å². The molecule has 0 saturated carbocycles. The molecule has 0 spiro atoms. The van der Waals surface area contributed by atoms with Gasteiger partial charge in [0.05, 0.1) is 4.90 Å². The van der Waals surface area contributed by atoms with E-state index in [-0.39, 0.29) is 10.6 Å². The van der Waals surface area contributed by atoms with Crippen LogP contribution in [0.2, 0.25) is 0 Å². The Morgan fingerprint density at radius 1 is 1.17 bits per heavy atom. The SMILES string of the molecule is CS(=O)(=O)CC(=O)Nc1ccc(S(=O)(=O)Cl)cc1. The van der Waals surface area contributed by atoms with Crippen molar-refractivity contribution in [2.75, 3.05) is 17.3 Å². The standard InChI is InChI=1S/C9H10ClNO5S2/c1-17(13,14)6-9(12)11-7-2-4-8(5-3-7)18(10,15)16/h2-5H,6H2,1H3,(H,11,12). The predicted octanol–water partition coefficient (Wildman–Crippen LogP) is 0.597. The number of amides is 1. The summed E-state index contributed by atoms with van der Waals surface area (Å²) in [6.45, 7) is 0. The van der Waals surface area contributed by atoms with E-state index < -0.39 is 30.5 Å². The molecular weight excluding hydrogens is 302 g/mol. The highest BCUT2D eigenvalue weighted by atomic mass is 35.7. The van der Waals surface area contributed by atoms with Gasteiger partial charge in [-0.05, 0) is 24.3 Å². The zero-order valence-electron chi connectivity index (χ0n) is 9.25. The molecule has 0 aliphatic rings. The van der Waals surface area contributed by atoms with Crippen LogP contribution in [0.3, 0.4) is 0 Å². The van der Waals surface area contributed by atoms with Gasteiger partial charge in [-0.15, -0.1) is 0 Å². The molecule has 1 N–H and O–H groups in total. The first-order chi connectivity index (χ1) is 8.08. The van der Waals surface area contributed by atoms with Gasteiger partial charge in [0.25, 0.3) is 9.05 Å². The minimum atomic E-state index is -3.81. The molecule has 0 saturated heterocycles. The molecule has 0 aliphatic carbocycles. The molecule has 1 amide bonds. The molecule has 9 heteroatoms. The Labute approximate surface area is 109 Å². The average molecular weight is 312 g/mol. The summed E-state index contributed by atoms with van der Waals surface area (Å²) in [5.41, 5.74) is 0.285. The molecule has 0 atom stereocenters. The summed E-state index contributed by atoms with van der Waals surface area (Å²) in [5.74, 6) is -1.33. The zero-order chi connectivity index (χ0) is 14.0. The summed E-state index contributed by atoms with van der Waals surface area (Å²) in [4.78, 5) is 11.2. The Balaban J connectivity index is 2.79. The Morgan fingerprint density at radius 2 is 1.67 bits per heavy atom. The van der Waals surface area contributed by atoms with Crippen LogP contribution >= 0.6 is 10.7 Å². The van der Waals surface area contributed by atoms with Gasteiger partial charge in [0.15, 0.2) is 9.84 Å². The van der Waals surface area contributed by atoms with Crippen molar-refractivity contribution in [3.05, 3.63) is 24.3 Å². The van der Waals surface area contributed by atoms with Gasteiger partial charge in [-0.2, -0.15) is 0 Å². The third kappa shape index (κ3) is 5.03. The summed E-state index contributed by atoms with van der Waals surface area (Å²) in [6, 6.07) is 5.04. The maximum atomic E-state index is 11.3. The van der Waals surface area contributed by atoms with Crippen molar-refractivity contribution >= 4 is 41.2 Å². The Bertz CT molecular complexity index is 649. The largest absolute Gasteiger partial charge is 0.325 e. The highest BCUT2D eigenvalue weighted by Gasteiger charge is 2.12. The topological polar surface area (TPSA) is 97.4 Å². The highest BCUT2D eigenvalue weighted by Crippen LogP contribution is 2.17. The number of carbonyl (C=O) groups is 1. The van der Waals surface area contributed by atoms with Crippen LogP contribution in [0.15, 0.2) is 29.2 Å². The van der Waals surface area contributed by atoms with Crippen LogP contribution < -0.4 is 5.32 Å². The van der Waals surface area contributed by atoms with E-state index in [1.807, 2.05) is 0 Å². The van der Waals surface area contributed by atoms with E-state index in [2.05, 4.69) is 5.32 Å². The first-order valence-electron chi connectivity index (χ1n) is 4.60. The second kappa shape index (κ2) is 5.25. The molecule has 100 valence electrons. The first-order valence-corrected chi connectivity index (χ1v) is 8.97. The number of carbonyl (C=O) groups excluding carboxylic acids is 1. The smallest absolute Gasteiger partial charge is 0.261 e. The Hall–Kier alpha value is -1.12. The molecule has 6 nitrogen and oxygen atoms in total. The van der Waals surface area contributed by atoms with Gasteiger partial charge >= 0.3 is 0 Å². The summed E-state index contributed by atoms with van der Waals surface area (Å²) in [5, 5.41) is 2.32. The fourth-order valence-electron chi connectivity index (χ4n) is 1.14. The molecule has 1 aromatic rings. The van der Waals surface area contributed by atoms with Crippen molar-refractivity contribution in [1.82, 2.24) is 0 Å². The minimum absolute atomic E-state index is 0.106. The molecule has 0 fully saturated rings. The number of rotatable bonds is 4. The molecule has 1 rings (SSSR count).